The number of methoxy groups -OCH3 is 1. The lowest BCUT2D eigenvalue weighted by Crippen LogP contribution is -2.37. The third kappa shape index (κ3) is 3.75. The van der Waals surface area contributed by atoms with Crippen molar-refractivity contribution < 1.29 is 9.53 Å². The van der Waals surface area contributed by atoms with Gasteiger partial charge < -0.3 is 15.8 Å². The molecule has 0 saturated heterocycles. The van der Waals surface area contributed by atoms with Crippen LogP contribution in [0.4, 0.5) is 0 Å². The van der Waals surface area contributed by atoms with E-state index in [-0.39, 0.29) is 5.91 Å². The molecule has 4 heteroatoms. The van der Waals surface area contributed by atoms with E-state index in [9.17, 15) is 4.79 Å². The summed E-state index contributed by atoms with van der Waals surface area (Å²) in [6, 6.07) is 5.50. The molecule has 0 aromatic heterocycles. The van der Waals surface area contributed by atoms with Crippen LogP contribution >= 0.6 is 0 Å². The van der Waals surface area contributed by atoms with Gasteiger partial charge in [0, 0.05) is 12.1 Å². The first-order valence-electron chi connectivity index (χ1n) is 5.77. The highest BCUT2D eigenvalue weighted by Gasteiger charge is 2.09. The van der Waals surface area contributed by atoms with Gasteiger partial charge in [0.1, 0.15) is 5.75 Å². The molecule has 0 heterocycles. The molecular weight excluding hydrogens is 216 g/mol. The molecule has 0 bridgehead atoms. The number of carbonyl (C=O) groups excluding carboxylic acids is 1. The minimum atomic E-state index is -0.490. The number of hydrogen-bond acceptors (Lipinski definition) is 3. The summed E-state index contributed by atoms with van der Waals surface area (Å²) < 4.78 is 5.26. The van der Waals surface area contributed by atoms with Gasteiger partial charge in [0.25, 0.3) is 0 Å². The van der Waals surface area contributed by atoms with Crippen LogP contribution in [0.15, 0.2) is 18.2 Å². The first-order chi connectivity index (χ1) is 8.08. The van der Waals surface area contributed by atoms with E-state index in [4.69, 9.17) is 10.5 Å². The summed E-state index contributed by atoms with van der Waals surface area (Å²) in [5.41, 5.74) is 7.67. The average molecular weight is 236 g/mol. The van der Waals surface area contributed by atoms with Crippen molar-refractivity contribution in [3.63, 3.8) is 0 Å². The summed E-state index contributed by atoms with van der Waals surface area (Å²) >= 11 is 0. The Morgan fingerprint density at radius 2 is 2.24 bits per heavy atom. The second-order valence-corrected chi connectivity index (χ2v) is 4.01. The fraction of sp³-hybridized carbons (Fsp3) is 0.462. The molecule has 0 fully saturated rings. The van der Waals surface area contributed by atoms with E-state index in [0.29, 0.717) is 6.54 Å². The van der Waals surface area contributed by atoms with Crippen LogP contribution in [0.1, 0.15) is 25.0 Å². The van der Waals surface area contributed by atoms with Crippen LogP contribution in [-0.2, 0) is 17.8 Å². The average Bonchev–Trinajstić information content (AvgIpc) is 2.35. The molecule has 0 aliphatic heterocycles. The van der Waals surface area contributed by atoms with Gasteiger partial charge in [-0.05, 0) is 25.0 Å². The third-order valence-corrected chi connectivity index (χ3v) is 2.62. The Morgan fingerprint density at radius 1 is 1.53 bits per heavy atom. The van der Waals surface area contributed by atoms with Crippen LogP contribution in [-0.4, -0.2) is 19.1 Å². The Labute approximate surface area is 102 Å². The van der Waals surface area contributed by atoms with Crippen LogP contribution in [0.5, 0.6) is 5.75 Å². The lowest BCUT2D eigenvalue weighted by Gasteiger charge is -2.12. The monoisotopic (exact) mass is 236 g/mol. The molecule has 1 aromatic rings. The van der Waals surface area contributed by atoms with Gasteiger partial charge in [0.2, 0.25) is 5.91 Å². The number of nitrogens with one attached hydrogen (secondary N) is 1. The van der Waals surface area contributed by atoms with Crippen LogP contribution in [0.25, 0.3) is 0 Å². The molecule has 0 saturated carbocycles. The smallest absolute Gasteiger partial charge is 0.236 e. The van der Waals surface area contributed by atoms with Gasteiger partial charge in [0.05, 0.1) is 13.2 Å². The maximum absolute atomic E-state index is 11.4. The van der Waals surface area contributed by atoms with Gasteiger partial charge in [-0.15, -0.1) is 0 Å². The van der Waals surface area contributed by atoms with E-state index in [2.05, 4.69) is 12.2 Å². The van der Waals surface area contributed by atoms with Crippen molar-refractivity contribution in [3.05, 3.63) is 29.3 Å². The molecule has 0 aliphatic rings. The maximum Gasteiger partial charge on any atom is 0.236 e. The minimum Gasteiger partial charge on any atom is -0.496 e. The second kappa shape index (κ2) is 6.25. The molecule has 0 radical (unpaired) electrons. The summed E-state index contributed by atoms with van der Waals surface area (Å²) in [7, 11) is 1.62. The third-order valence-electron chi connectivity index (χ3n) is 2.62. The summed E-state index contributed by atoms with van der Waals surface area (Å²) in [4.78, 5) is 11.4. The highest BCUT2D eigenvalue weighted by molar-refractivity contribution is 5.80. The molecule has 0 aliphatic carbocycles. The lowest BCUT2D eigenvalue weighted by molar-refractivity contribution is -0.122. The number of carbonyl (C=O) groups is 1. The molecule has 17 heavy (non-hydrogen) atoms. The molecule has 4 nitrogen and oxygen atoms in total. The van der Waals surface area contributed by atoms with Crippen molar-refractivity contribution in [1.29, 1.82) is 0 Å². The molecule has 1 atom stereocenters. The standard InChI is InChI=1S/C13H20N2O2/c1-4-10-5-6-12(17-3)11(7-10)8-15-13(16)9(2)14/h5-7,9H,4,8,14H2,1-3H3,(H,15,16). The molecule has 3 N–H and O–H groups in total. The van der Waals surface area contributed by atoms with E-state index < -0.39 is 6.04 Å². The Balaban J connectivity index is 2.77. The summed E-state index contributed by atoms with van der Waals surface area (Å²) in [5, 5.41) is 2.78. The number of hydrogen-bond donors (Lipinski definition) is 2. The zero-order valence-electron chi connectivity index (χ0n) is 10.6. The summed E-state index contributed by atoms with van der Waals surface area (Å²) in [6.07, 6.45) is 0.957. The number of amides is 1. The van der Waals surface area contributed by atoms with Gasteiger partial charge in [-0.25, -0.2) is 0 Å². The number of nitrogens with two attached hydrogens (primary N) is 1. The van der Waals surface area contributed by atoms with Crippen molar-refractivity contribution in [2.75, 3.05) is 7.11 Å². The quantitative estimate of drug-likeness (QED) is 0.808. The summed E-state index contributed by atoms with van der Waals surface area (Å²) in [5.74, 6) is 0.626. The molecule has 1 aromatic carbocycles. The van der Waals surface area contributed by atoms with Gasteiger partial charge in [-0.3, -0.25) is 4.79 Å². The normalized spacial score (nSPS) is 12.0. The highest BCUT2D eigenvalue weighted by atomic mass is 16.5. The Kier molecular flexibility index (Phi) is 4.97. The largest absolute Gasteiger partial charge is 0.496 e. The first-order valence-corrected chi connectivity index (χ1v) is 5.77. The number of ether oxygens (including phenoxy) is 1. The zero-order chi connectivity index (χ0) is 12.8. The van der Waals surface area contributed by atoms with Gasteiger partial charge in [0.15, 0.2) is 0 Å². The molecule has 94 valence electrons. The van der Waals surface area contributed by atoms with Crippen LogP contribution in [0.2, 0.25) is 0 Å². The first kappa shape index (κ1) is 13.5. The predicted molar refractivity (Wildman–Crippen MR) is 67.9 cm³/mol. The van der Waals surface area contributed by atoms with E-state index >= 15 is 0 Å². The SMILES string of the molecule is CCc1ccc(OC)c(CNC(=O)C(C)N)c1. The second-order valence-electron chi connectivity index (χ2n) is 4.01. The Morgan fingerprint density at radius 3 is 2.76 bits per heavy atom. The van der Waals surface area contributed by atoms with Crippen molar-refractivity contribution in [3.8, 4) is 5.75 Å². The van der Waals surface area contributed by atoms with Crippen molar-refractivity contribution in [2.24, 2.45) is 5.73 Å². The number of aryl methyl sites for hydroxylation is 1. The fourth-order valence-corrected chi connectivity index (χ4v) is 1.53. The van der Waals surface area contributed by atoms with Gasteiger partial charge >= 0.3 is 0 Å². The van der Waals surface area contributed by atoms with Crippen molar-refractivity contribution >= 4 is 5.91 Å². The van der Waals surface area contributed by atoms with Crippen LogP contribution in [0, 0.1) is 0 Å². The van der Waals surface area contributed by atoms with E-state index in [0.717, 1.165) is 17.7 Å². The van der Waals surface area contributed by atoms with E-state index in [1.54, 1.807) is 14.0 Å². The highest BCUT2D eigenvalue weighted by Crippen LogP contribution is 2.20. The van der Waals surface area contributed by atoms with Gasteiger partial charge in [-0.2, -0.15) is 0 Å². The molecule has 0 spiro atoms. The number of rotatable bonds is 5. The van der Waals surface area contributed by atoms with Crippen molar-refractivity contribution in [1.82, 2.24) is 5.32 Å². The molecule has 1 unspecified atom stereocenters. The zero-order valence-corrected chi connectivity index (χ0v) is 10.6. The van der Waals surface area contributed by atoms with Crippen LogP contribution in [0.3, 0.4) is 0 Å². The minimum absolute atomic E-state index is 0.158. The lowest BCUT2D eigenvalue weighted by atomic mass is 10.1. The Hall–Kier alpha value is -1.55. The van der Waals surface area contributed by atoms with E-state index in [1.807, 2.05) is 18.2 Å². The van der Waals surface area contributed by atoms with E-state index in [1.165, 1.54) is 5.56 Å². The Bertz CT molecular complexity index is 389. The fourth-order valence-electron chi connectivity index (χ4n) is 1.53. The molecule has 1 rings (SSSR count). The topological polar surface area (TPSA) is 64.3 Å². The molecular formula is C13H20N2O2. The van der Waals surface area contributed by atoms with Crippen LogP contribution < -0.4 is 15.8 Å². The van der Waals surface area contributed by atoms with Crippen molar-refractivity contribution in [2.45, 2.75) is 32.9 Å². The van der Waals surface area contributed by atoms with Gasteiger partial charge in [-0.1, -0.05) is 19.1 Å². The molecule has 1 amide bonds. The number of benzene rings is 1. The predicted octanol–water partition coefficient (Wildman–Crippen LogP) is 1.22. The maximum atomic E-state index is 11.4. The summed E-state index contributed by atoms with van der Waals surface area (Å²) in [6.45, 7) is 4.19.